The normalized spacial score (nSPS) is 11.7. The van der Waals surface area contributed by atoms with E-state index in [0.29, 0.717) is 25.0 Å². The van der Waals surface area contributed by atoms with Gasteiger partial charge in [-0.3, -0.25) is 9.78 Å². The van der Waals surface area contributed by atoms with Crippen LogP contribution in [0.3, 0.4) is 0 Å². The smallest absolute Gasteiger partial charge is 0.317 e. The fourth-order valence-electron chi connectivity index (χ4n) is 3.75. The summed E-state index contributed by atoms with van der Waals surface area (Å²) in [5.41, 5.74) is 0.387. The number of fused-ring (bicyclic) bond motifs is 1. The number of amides is 2. The second-order valence-electron chi connectivity index (χ2n) is 8.61. The molecule has 0 spiro atoms. The number of hydrogen-bond donors (Lipinski definition) is 3. The highest BCUT2D eigenvalue weighted by molar-refractivity contribution is 6.07. The molecule has 1 heterocycles. The minimum atomic E-state index is -1.03. The summed E-state index contributed by atoms with van der Waals surface area (Å²) in [5, 5.41) is 21.7. The third kappa shape index (κ3) is 7.78. The number of hydrogen-bond acceptors (Lipinski definition) is 6. The van der Waals surface area contributed by atoms with Crippen LogP contribution in [-0.4, -0.2) is 59.0 Å². The molecule has 0 unspecified atom stereocenters. The van der Waals surface area contributed by atoms with Crippen LogP contribution in [0.1, 0.15) is 36.9 Å². The zero-order chi connectivity index (χ0) is 26.8. The summed E-state index contributed by atoms with van der Waals surface area (Å²) >= 11 is 0. The summed E-state index contributed by atoms with van der Waals surface area (Å²) in [6.07, 6.45) is 2.88. The van der Waals surface area contributed by atoms with E-state index in [-0.39, 0.29) is 37.5 Å². The molecule has 0 bridgehead atoms. The van der Waals surface area contributed by atoms with Crippen molar-refractivity contribution in [2.75, 3.05) is 20.3 Å². The van der Waals surface area contributed by atoms with Crippen LogP contribution in [0.15, 0.2) is 54.7 Å². The van der Waals surface area contributed by atoms with Crippen LogP contribution in [0.2, 0.25) is 0 Å². The Labute approximate surface area is 213 Å². The van der Waals surface area contributed by atoms with Crippen LogP contribution in [0, 0.1) is 17.0 Å². The van der Waals surface area contributed by atoms with Crippen molar-refractivity contribution >= 4 is 28.5 Å². The van der Waals surface area contributed by atoms with Crippen molar-refractivity contribution in [1.82, 2.24) is 15.2 Å². The number of rotatable bonds is 12. The van der Waals surface area contributed by atoms with Crippen molar-refractivity contribution in [3.8, 4) is 0 Å². The molecule has 3 rings (SSSR count). The van der Waals surface area contributed by atoms with Gasteiger partial charge in [0.25, 0.3) is 0 Å². The summed E-state index contributed by atoms with van der Waals surface area (Å²) in [7, 11) is 1.51. The monoisotopic (exact) mass is 512 g/mol. The molecule has 0 aliphatic rings. The Balaban J connectivity index is 1.56. The lowest BCUT2D eigenvalue weighted by molar-refractivity contribution is -0.143. The number of aliphatic hydroxyl groups excluding tert-OH is 1. The van der Waals surface area contributed by atoms with Gasteiger partial charge < -0.3 is 25.5 Å². The third-order valence-electron chi connectivity index (χ3n) is 5.97. The number of aromatic nitrogens is 1. The Morgan fingerprint density at radius 2 is 1.89 bits per heavy atom. The second-order valence-corrected chi connectivity index (χ2v) is 8.61. The van der Waals surface area contributed by atoms with Crippen LogP contribution in [-0.2, 0) is 16.1 Å². The van der Waals surface area contributed by atoms with Gasteiger partial charge in [0.15, 0.2) is 11.6 Å². The van der Waals surface area contributed by atoms with Gasteiger partial charge in [-0.05, 0) is 36.8 Å². The van der Waals surface area contributed by atoms with Crippen LogP contribution in [0.25, 0.3) is 10.8 Å². The number of unbranched alkanes of at least 4 members (excludes halogenated alkanes) is 1. The first kappa shape index (κ1) is 27.7. The molecule has 8 nitrogen and oxygen atoms in total. The van der Waals surface area contributed by atoms with E-state index in [2.05, 4.69) is 10.3 Å². The number of likely N-dealkylation sites (N-methyl/N-ethyl adjacent to an activating group) is 1. The molecule has 2 amide bonds. The molecule has 0 radical (unpaired) electrons. The van der Waals surface area contributed by atoms with Crippen molar-refractivity contribution in [3.05, 3.63) is 77.6 Å². The lowest BCUT2D eigenvalue weighted by Gasteiger charge is -2.28. The van der Waals surface area contributed by atoms with Crippen molar-refractivity contribution in [2.24, 2.45) is 0 Å². The van der Waals surface area contributed by atoms with Crippen molar-refractivity contribution in [1.29, 1.82) is 5.41 Å². The van der Waals surface area contributed by atoms with Crippen LogP contribution >= 0.6 is 0 Å². The van der Waals surface area contributed by atoms with E-state index in [1.165, 1.54) is 24.1 Å². The number of aliphatic hydroxyl groups is 1. The average Bonchev–Trinajstić information content (AvgIpc) is 2.90. The zero-order valence-corrected chi connectivity index (χ0v) is 20.5. The highest BCUT2D eigenvalue weighted by atomic mass is 19.2. The summed E-state index contributed by atoms with van der Waals surface area (Å²) in [5.74, 6) is -2.66. The van der Waals surface area contributed by atoms with E-state index >= 15 is 0 Å². The molecular weight excluding hydrogens is 482 g/mol. The fraction of sp³-hybridized carbons (Fsp3) is 0.333. The topological polar surface area (TPSA) is 116 Å². The molecule has 3 aromatic rings. The van der Waals surface area contributed by atoms with Crippen LogP contribution in [0.5, 0.6) is 0 Å². The molecule has 0 aliphatic heterocycles. The lowest BCUT2D eigenvalue weighted by Crippen LogP contribution is -2.45. The van der Waals surface area contributed by atoms with Gasteiger partial charge >= 0.3 is 12.0 Å². The van der Waals surface area contributed by atoms with E-state index in [9.17, 15) is 18.4 Å². The minimum Gasteiger partial charge on any atom is -0.463 e. The summed E-state index contributed by atoms with van der Waals surface area (Å²) in [6, 6.07) is 11.9. The highest BCUT2D eigenvalue weighted by Gasteiger charge is 2.22. The van der Waals surface area contributed by atoms with Gasteiger partial charge in [-0.25, -0.2) is 13.6 Å². The standard InChI is InChI=1S/C27H30F2N4O4/c1-33(27(36)32-16-20-9-6-11-22(28)26(20)29)21(10-4-5-12-34)17-37-25(35)14-23(30)24-13-18-7-2-3-8-19(18)15-31-24/h2-3,6-9,11,13,15,21,30,34H,4-5,10,12,14,16-17H2,1H3,(H,32,36)/t21-/m1/s1. The Kier molecular flexibility index (Phi) is 10.0. The molecule has 196 valence electrons. The maximum atomic E-state index is 13.9. The Morgan fingerprint density at radius 1 is 1.14 bits per heavy atom. The van der Waals surface area contributed by atoms with Crippen molar-refractivity contribution < 1.29 is 28.2 Å². The van der Waals surface area contributed by atoms with E-state index in [1.54, 1.807) is 12.3 Å². The van der Waals surface area contributed by atoms with Crippen molar-refractivity contribution in [2.45, 2.75) is 38.3 Å². The molecule has 1 atom stereocenters. The Bertz CT molecular complexity index is 1250. The van der Waals surface area contributed by atoms with Gasteiger partial charge in [0.1, 0.15) is 6.61 Å². The first-order chi connectivity index (χ1) is 17.8. The quantitative estimate of drug-likeness (QED) is 0.191. The molecule has 3 N–H and O–H groups in total. The van der Waals surface area contributed by atoms with E-state index in [0.717, 1.165) is 16.8 Å². The largest absolute Gasteiger partial charge is 0.463 e. The molecule has 0 saturated heterocycles. The number of benzene rings is 2. The molecule has 2 aromatic carbocycles. The predicted octanol–water partition coefficient (Wildman–Crippen LogP) is 4.19. The minimum absolute atomic E-state index is 0.00539. The maximum absolute atomic E-state index is 13.9. The summed E-state index contributed by atoms with van der Waals surface area (Å²) in [4.78, 5) is 30.7. The summed E-state index contributed by atoms with van der Waals surface area (Å²) < 4.78 is 32.7. The van der Waals surface area contributed by atoms with Crippen LogP contribution in [0.4, 0.5) is 13.6 Å². The zero-order valence-electron chi connectivity index (χ0n) is 20.5. The molecule has 10 heteroatoms. The number of esters is 1. The summed E-state index contributed by atoms with van der Waals surface area (Å²) in [6.45, 7) is -0.357. The van der Waals surface area contributed by atoms with Gasteiger partial charge in [-0.15, -0.1) is 0 Å². The maximum Gasteiger partial charge on any atom is 0.317 e. The molecule has 0 aliphatic carbocycles. The molecule has 1 aromatic heterocycles. The SMILES string of the molecule is CN(C(=O)NCc1cccc(F)c1F)[C@H](CCCCO)COC(=O)CC(=N)c1cc2ccccc2cn1. The van der Waals surface area contributed by atoms with E-state index in [1.807, 2.05) is 24.3 Å². The predicted molar refractivity (Wildman–Crippen MR) is 135 cm³/mol. The van der Waals surface area contributed by atoms with Gasteiger partial charge in [-0.1, -0.05) is 36.4 Å². The number of nitrogens with zero attached hydrogens (tertiary/aromatic N) is 2. The fourth-order valence-corrected chi connectivity index (χ4v) is 3.75. The van der Waals surface area contributed by atoms with Gasteiger partial charge in [-0.2, -0.15) is 0 Å². The highest BCUT2D eigenvalue weighted by Crippen LogP contribution is 2.15. The number of urea groups is 1. The van der Waals surface area contributed by atoms with Crippen LogP contribution < -0.4 is 5.32 Å². The van der Waals surface area contributed by atoms with Crippen molar-refractivity contribution in [3.63, 3.8) is 0 Å². The Hall–Kier alpha value is -3.92. The van der Waals surface area contributed by atoms with Gasteiger partial charge in [0.2, 0.25) is 0 Å². The average molecular weight is 513 g/mol. The first-order valence-electron chi connectivity index (χ1n) is 11.9. The lowest BCUT2D eigenvalue weighted by atomic mass is 10.1. The number of ether oxygens (including phenoxy) is 1. The number of pyridine rings is 1. The van der Waals surface area contributed by atoms with Gasteiger partial charge in [0, 0.05) is 37.3 Å². The first-order valence-corrected chi connectivity index (χ1v) is 11.9. The molecule has 0 fully saturated rings. The second kappa shape index (κ2) is 13.4. The molecular formula is C27H30F2N4O4. The number of halogens is 2. The number of carbonyl (C=O) groups excluding carboxylic acids is 2. The molecule has 0 saturated carbocycles. The third-order valence-corrected chi connectivity index (χ3v) is 5.97. The van der Waals surface area contributed by atoms with E-state index in [4.69, 9.17) is 15.3 Å². The van der Waals surface area contributed by atoms with E-state index < -0.39 is 29.7 Å². The Morgan fingerprint density at radius 3 is 2.65 bits per heavy atom. The number of carbonyl (C=O) groups is 2. The molecule has 37 heavy (non-hydrogen) atoms. The number of nitrogens with one attached hydrogen (secondary N) is 2. The van der Waals surface area contributed by atoms with Gasteiger partial charge in [0.05, 0.1) is 23.9 Å².